The zero-order chi connectivity index (χ0) is 30.4. The van der Waals surface area contributed by atoms with E-state index in [1.807, 2.05) is 0 Å². The first-order valence-electron chi connectivity index (χ1n) is 12.9. The van der Waals surface area contributed by atoms with Gasteiger partial charge in [-0.2, -0.15) is 5.26 Å². The van der Waals surface area contributed by atoms with E-state index >= 15 is 4.39 Å². The minimum Gasteiger partial charge on any atom is -0.467 e. The lowest BCUT2D eigenvalue weighted by molar-refractivity contribution is -0.143. The maximum absolute atomic E-state index is 15.2. The van der Waals surface area contributed by atoms with Crippen molar-refractivity contribution in [3.05, 3.63) is 53.6 Å². The number of nitriles is 1. The van der Waals surface area contributed by atoms with E-state index in [0.29, 0.717) is 28.8 Å². The number of carbonyl (C=O) groups excluding carboxylic acids is 2. The molecule has 0 unspecified atom stereocenters. The lowest BCUT2D eigenvalue weighted by Crippen LogP contribution is -2.45. The van der Waals surface area contributed by atoms with Crippen LogP contribution in [0.4, 0.5) is 9.18 Å². The molecule has 2 aromatic heterocycles. The second-order valence-electron chi connectivity index (χ2n) is 11.3. The predicted octanol–water partition coefficient (Wildman–Crippen LogP) is 5.12. The van der Waals surface area contributed by atoms with Crippen LogP contribution in [-0.4, -0.2) is 71.5 Å². The highest BCUT2D eigenvalue weighted by atomic mass is 32.3. The van der Waals surface area contributed by atoms with Gasteiger partial charge in [0.15, 0.2) is 11.6 Å². The maximum Gasteiger partial charge on any atom is 0.408 e. The first kappa shape index (κ1) is 31.7. The number of nitrogens with zero attached hydrogens (tertiary/aromatic N) is 3. The van der Waals surface area contributed by atoms with E-state index in [0.717, 1.165) is 5.75 Å². The number of halogens is 1. The average molecular weight is 589 g/mol. The Morgan fingerprint density at radius 2 is 1.93 bits per heavy atom. The van der Waals surface area contributed by atoms with Crippen molar-refractivity contribution in [1.29, 1.82) is 5.26 Å². The van der Waals surface area contributed by atoms with Crippen molar-refractivity contribution in [3.8, 4) is 17.6 Å². The number of aromatic nitrogens is 2. The number of hydrogen-bond acceptors (Lipinski definition) is 8. The molecular weight excluding hydrogens is 551 g/mol. The van der Waals surface area contributed by atoms with Gasteiger partial charge in [0.2, 0.25) is 0 Å². The molecule has 41 heavy (non-hydrogen) atoms. The number of esters is 1. The maximum atomic E-state index is 15.2. The summed E-state index contributed by atoms with van der Waals surface area (Å²) in [7, 11) is 0.497. The molecular formula is C29H37FN4O6S. The summed E-state index contributed by atoms with van der Waals surface area (Å²) in [6.45, 7) is 5.88. The molecule has 0 aliphatic rings. The Morgan fingerprint density at radius 1 is 1.20 bits per heavy atom. The highest BCUT2D eigenvalue weighted by Crippen LogP contribution is 2.35. The van der Waals surface area contributed by atoms with Gasteiger partial charge in [0.25, 0.3) is 0 Å². The van der Waals surface area contributed by atoms with Crippen LogP contribution in [0.15, 0.2) is 36.7 Å². The van der Waals surface area contributed by atoms with E-state index in [4.69, 9.17) is 18.9 Å². The Kier molecular flexibility index (Phi) is 10.2. The summed E-state index contributed by atoms with van der Waals surface area (Å²) in [4.78, 5) is 28.9. The molecule has 1 atom stereocenters. The van der Waals surface area contributed by atoms with Gasteiger partial charge in [-0.05, 0) is 63.3 Å². The van der Waals surface area contributed by atoms with Crippen LogP contribution in [0.5, 0.6) is 11.5 Å². The molecule has 0 fully saturated rings. The van der Waals surface area contributed by atoms with Crippen LogP contribution in [0, 0.1) is 17.1 Å². The Hall–Kier alpha value is -3.82. The molecule has 0 aliphatic carbocycles. The van der Waals surface area contributed by atoms with Crippen LogP contribution in [0.2, 0.25) is 0 Å². The molecule has 0 spiro atoms. The van der Waals surface area contributed by atoms with E-state index < -0.39 is 39.6 Å². The number of hydrogen-bond donors (Lipinski definition) is 1. The molecule has 0 aliphatic heterocycles. The molecule has 12 heteroatoms. The lowest BCUT2D eigenvalue weighted by atomic mass is 10.1. The van der Waals surface area contributed by atoms with Gasteiger partial charge < -0.3 is 28.8 Å². The zero-order valence-corrected chi connectivity index (χ0v) is 25.3. The largest absolute Gasteiger partial charge is 0.467 e. The quantitative estimate of drug-likeness (QED) is 0.242. The van der Waals surface area contributed by atoms with Gasteiger partial charge in [0.05, 0.1) is 24.7 Å². The van der Waals surface area contributed by atoms with Gasteiger partial charge in [-0.25, -0.2) is 29.0 Å². The number of methoxy groups -OCH3 is 1. The molecule has 10 nitrogen and oxygen atoms in total. The smallest absolute Gasteiger partial charge is 0.408 e. The normalized spacial score (nSPS) is 12.9. The van der Waals surface area contributed by atoms with Crippen molar-refractivity contribution in [2.75, 3.05) is 38.2 Å². The topological polar surface area (TPSA) is 125 Å². The fourth-order valence-corrected chi connectivity index (χ4v) is 4.44. The van der Waals surface area contributed by atoms with Crippen LogP contribution in [-0.2, 0) is 32.2 Å². The molecule has 222 valence electrons. The van der Waals surface area contributed by atoms with Crippen molar-refractivity contribution in [1.82, 2.24) is 14.9 Å². The summed E-state index contributed by atoms with van der Waals surface area (Å²) in [6.07, 6.45) is 8.96. The molecule has 0 radical (unpaired) electrons. The Bertz CT molecular complexity index is 1440. The number of alkyl carbamates (subject to hydrolysis) is 1. The number of pyridine rings is 1. The summed E-state index contributed by atoms with van der Waals surface area (Å²) in [6, 6.07) is 6.81. The molecule has 0 bridgehead atoms. The van der Waals surface area contributed by atoms with E-state index in [2.05, 4.69) is 35.1 Å². The third-order valence-electron chi connectivity index (χ3n) is 5.74. The van der Waals surface area contributed by atoms with Crippen LogP contribution in [0.25, 0.3) is 11.0 Å². The van der Waals surface area contributed by atoms with E-state index in [1.54, 1.807) is 43.7 Å². The first-order valence-corrected chi connectivity index (χ1v) is 15.9. The number of nitrogens with one attached hydrogen (secondary N) is 1. The number of rotatable bonds is 11. The van der Waals surface area contributed by atoms with Crippen LogP contribution in [0.3, 0.4) is 0 Å². The summed E-state index contributed by atoms with van der Waals surface area (Å²) >= 11 is 0. The number of amides is 1. The lowest BCUT2D eigenvalue weighted by Gasteiger charge is -2.24. The summed E-state index contributed by atoms with van der Waals surface area (Å²) in [5.74, 6) is -0.273. The van der Waals surface area contributed by atoms with Crippen molar-refractivity contribution < 1.29 is 32.9 Å². The molecule has 3 rings (SSSR count). The van der Waals surface area contributed by atoms with Crippen molar-refractivity contribution in [2.24, 2.45) is 0 Å². The van der Waals surface area contributed by atoms with Gasteiger partial charge in [0.1, 0.15) is 35.8 Å². The monoisotopic (exact) mass is 588 g/mol. The van der Waals surface area contributed by atoms with Gasteiger partial charge in [-0.1, -0.05) is 6.07 Å². The Morgan fingerprint density at radius 3 is 2.54 bits per heavy atom. The second kappa shape index (κ2) is 13.2. The van der Waals surface area contributed by atoms with Gasteiger partial charge >= 0.3 is 12.1 Å². The minimum absolute atomic E-state index is 0.0409. The Labute approximate surface area is 241 Å². The number of fused-ring (bicyclic) bond motifs is 1. The van der Waals surface area contributed by atoms with Gasteiger partial charge in [-0.3, -0.25) is 0 Å². The Balaban J connectivity index is 1.79. The van der Waals surface area contributed by atoms with Crippen molar-refractivity contribution >= 4 is 33.1 Å². The fraction of sp³-hybridized carbons (Fsp3) is 0.448. The van der Waals surface area contributed by atoms with E-state index in [-0.39, 0.29) is 24.7 Å². The summed E-state index contributed by atoms with van der Waals surface area (Å²) in [5.41, 5.74) is 0.452. The molecule has 0 saturated carbocycles. The van der Waals surface area contributed by atoms with E-state index in [9.17, 15) is 14.9 Å². The highest BCUT2D eigenvalue weighted by molar-refractivity contribution is 8.32. The first-order chi connectivity index (χ1) is 19.2. The van der Waals surface area contributed by atoms with Gasteiger partial charge in [-0.15, -0.1) is 0 Å². The molecule has 1 amide bonds. The van der Waals surface area contributed by atoms with Gasteiger partial charge in [0, 0.05) is 24.6 Å². The SMILES string of the molecule is COC(=O)[C@H](Cc1ccc(Oc2ccnc3c2c(C#N)cn3COCCS(C)(C)C)c(F)c1)NC(=O)OC(C)(C)C. The molecule has 3 aromatic rings. The number of benzene rings is 1. The van der Waals surface area contributed by atoms with Crippen molar-refractivity contribution in [2.45, 2.75) is 45.6 Å². The molecule has 2 heterocycles. The van der Waals surface area contributed by atoms with E-state index in [1.165, 1.54) is 25.4 Å². The fourth-order valence-electron chi connectivity index (χ4n) is 3.82. The third kappa shape index (κ3) is 9.09. The molecule has 1 N–H and O–H groups in total. The number of carbonyl (C=O) groups is 2. The predicted molar refractivity (Wildman–Crippen MR) is 156 cm³/mol. The number of ether oxygens (including phenoxy) is 4. The van der Waals surface area contributed by atoms with Crippen molar-refractivity contribution in [3.63, 3.8) is 0 Å². The highest BCUT2D eigenvalue weighted by Gasteiger charge is 2.26. The second-order valence-corrected chi connectivity index (χ2v) is 15.8. The summed E-state index contributed by atoms with van der Waals surface area (Å²) in [5, 5.41) is 12.7. The third-order valence-corrected chi connectivity index (χ3v) is 7.13. The van der Waals surface area contributed by atoms with Crippen LogP contribution >= 0.6 is 10.0 Å². The standard InChI is InChI=1S/C29H37FN4O6S/c1-29(2,3)40-28(36)33-22(27(35)37-4)15-19-8-9-23(21(30)14-19)39-24-10-11-32-26-25(24)20(16-31)17-34(26)18-38-12-13-41(5,6)7/h8-11,14,17,22H,12-13,15,18H2,1-7H3,(H,33,36)/t22-/m0/s1. The molecule has 1 aromatic carbocycles. The minimum atomic E-state index is -1.09. The average Bonchev–Trinajstić information content (AvgIpc) is 3.24. The summed E-state index contributed by atoms with van der Waals surface area (Å²) < 4.78 is 38.6. The molecule has 0 saturated heterocycles. The zero-order valence-electron chi connectivity index (χ0n) is 24.4. The van der Waals surface area contributed by atoms with Crippen LogP contribution in [0.1, 0.15) is 31.9 Å². The van der Waals surface area contributed by atoms with Crippen LogP contribution < -0.4 is 10.1 Å².